The van der Waals surface area contributed by atoms with E-state index in [4.69, 9.17) is 39.0 Å². The summed E-state index contributed by atoms with van der Waals surface area (Å²) < 4.78 is 26.6. The molecule has 120 valence electrons. The van der Waals surface area contributed by atoms with Crippen LogP contribution in [0.1, 0.15) is 25.8 Å². The second-order valence-corrected chi connectivity index (χ2v) is 9.67. The van der Waals surface area contributed by atoms with E-state index in [9.17, 15) is 13.5 Å². The minimum absolute atomic E-state index is 0.303. The van der Waals surface area contributed by atoms with Crippen LogP contribution in [0, 0.1) is 0 Å². The normalized spacial score (nSPS) is 16.0. The van der Waals surface area contributed by atoms with Crippen LogP contribution in [0.2, 0.25) is 0 Å². The number of alkyl halides is 3. The van der Waals surface area contributed by atoms with Crippen LogP contribution in [-0.4, -0.2) is 29.2 Å². The third-order valence-corrected chi connectivity index (χ3v) is 4.85. The van der Waals surface area contributed by atoms with Crippen molar-refractivity contribution in [3.63, 3.8) is 0 Å². The highest BCUT2D eigenvalue weighted by atomic mass is 35.6. The van der Waals surface area contributed by atoms with Crippen molar-refractivity contribution in [3.05, 3.63) is 35.9 Å². The topological polar surface area (TPSA) is 63.6 Å². The predicted molar refractivity (Wildman–Crippen MR) is 85.3 cm³/mol. The minimum atomic E-state index is -3.78. The lowest BCUT2D eigenvalue weighted by molar-refractivity contribution is -0.0144. The summed E-state index contributed by atoms with van der Waals surface area (Å²) >= 11 is 17.2. The molecule has 0 aliphatic rings. The highest BCUT2D eigenvalue weighted by molar-refractivity contribution is 7.87. The Bertz CT molecular complexity index is 555. The lowest BCUT2D eigenvalue weighted by Crippen LogP contribution is -2.37. The Morgan fingerprint density at radius 3 is 2.14 bits per heavy atom. The number of hydrogen-bond donors (Lipinski definition) is 1. The Labute approximate surface area is 140 Å². The van der Waals surface area contributed by atoms with E-state index in [2.05, 4.69) is 0 Å². The zero-order valence-corrected chi connectivity index (χ0v) is 14.7. The minimum Gasteiger partial charge on any atom is -0.383 e. The fourth-order valence-corrected chi connectivity index (χ4v) is 2.93. The molecule has 1 atom stereocenters. The molecule has 1 unspecified atom stereocenters. The van der Waals surface area contributed by atoms with Crippen LogP contribution >= 0.6 is 34.8 Å². The van der Waals surface area contributed by atoms with Crippen LogP contribution in [0.15, 0.2) is 30.3 Å². The van der Waals surface area contributed by atoms with Gasteiger partial charge < -0.3 is 5.11 Å². The van der Waals surface area contributed by atoms with Gasteiger partial charge in [-0.1, -0.05) is 65.1 Å². The smallest absolute Gasteiger partial charge is 0.269 e. The molecule has 8 heteroatoms. The van der Waals surface area contributed by atoms with E-state index in [1.54, 1.807) is 30.3 Å². The second kappa shape index (κ2) is 7.02. The molecule has 0 saturated heterocycles. The first-order chi connectivity index (χ1) is 9.46. The second-order valence-electron chi connectivity index (χ2n) is 4.99. The Kier molecular flexibility index (Phi) is 6.36. The zero-order chi connectivity index (χ0) is 16.3. The fraction of sp³-hybridized carbons (Fsp3) is 0.538. The average Bonchev–Trinajstić information content (AvgIpc) is 2.35. The van der Waals surface area contributed by atoms with E-state index in [0.29, 0.717) is 5.56 Å². The Morgan fingerprint density at radius 1 is 1.19 bits per heavy atom. The number of rotatable bonds is 6. The molecule has 0 aromatic heterocycles. The van der Waals surface area contributed by atoms with E-state index >= 15 is 0 Å². The molecule has 0 heterocycles. The SMILES string of the molecule is CC(C)S(=O)(=O)OCC(O)(CC(Cl)(Cl)Cl)c1ccccc1. The molecular formula is C13H17Cl3O4S. The van der Waals surface area contributed by atoms with Crippen molar-refractivity contribution in [2.45, 2.75) is 34.9 Å². The van der Waals surface area contributed by atoms with E-state index in [1.807, 2.05) is 0 Å². The maximum Gasteiger partial charge on any atom is 0.269 e. The van der Waals surface area contributed by atoms with Crippen LogP contribution < -0.4 is 0 Å². The summed E-state index contributed by atoms with van der Waals surface area (Å²) in [6.07, 6.45) is -0.303. The van der Waals surface area contributed by atoms with E-state index < -0.39 is 31.4 Å². The van der Waals surface area contributed by atoms with Gasteiger partial charge in [0.1, 0.15) is 5.60 Å². The van der Waals surface area contributed by atoms with Gasteiger partial charge in [0.2, 0.25) is 0 Å². The van der Waals surface area contributed by atoms with Gasteiger partial charge in [0.25, 0.3) is 10.1 Å². The van der Waals surface area contributed by atoms with Crippen LogP contribution in [0.5, 0.6) is 0 Å². The molecule has 1 aromatic rings. The van der Waals surface area contributed by atoms with Crippen molar-refractivity contribution in [2.75, 3.05) is 6.61 Å². The summed E-state index contributed by atoms with van der Waals surface area (Å²) in [5.74, 6) is 0. The van der Waals surface area contributed by atoms with Crippen LogP contribution in [0.4, 0.5) is 0 Å². The molecule has 0 aliphatic heterocycles. The summed E-state index contributed by atoms with van der Waals surface area (Å²) in [6.45, 7) is 2.43. The van der Waals surface area contributed by atoms with Gasteiger partial charge >= 0.3 is 0 Å². The Hall–Kier alpha value is -0.0400. The predicted octanol–water partition coefficient (Wildman–Crippen LogP) is 3.39. The highest BCUT2D eigenvalue weighted by Crippen LogP contribution is 2.40. The third-order valence-electron chi connectivity index (χ3n) is 2.84. The van der Waals surface area contributed by atoms with Crippen molar-refractivity contribution in [1.29, 1.82) is 0 Å². The Balaban J connectivity index is 3.04. The number of benzene rings is 1. The summed E-state index contributed by atoms with van der Waals surface area (Å²) in [5.41, 5.74) is -1.32. The van der Waals surface area contributed by atoms with E-state index in [0.717, 1.165) is 0 Å². The lowest BCUT2D eigenvalue weighted by Gasteiger charge is -2.31. The molecule has 1 rings (SSSR count). The van der Waals surface area contributed by atoms with Crippen molar-refractivity contribution in [1.82, 2.24) is 0 Å². The standard InChI is InChI=1S/C13H17Cl3O4S/c1-10(2)21(18,19)20-9-12(17,8-13(14,15)16)11-6-4-3-5-7-11/h3-7,10,17H,8-9H2,1-2H3. The monoisotopic (exact) mass is 374 g/mol. The van der Waals surface area contributed by atoms with Crippen molar-refractivity contribution in [3.8, 4) is 0 Å². The van der Waals surface area contributed by atoms with Gasteiger partial charge in [-0.15, -0.1) is 0 Å². The molecular weight excluding hydrogens is 359 g/mol. The molecule has 1 aromatic carbocycles. The maximum absolute atomic E-state index is 11.7. The van der Waals surface area contributed by atoms with Gasteiger partial charge in [-0.2, -0.15) is 8.42 Å². The van der Waals surface area contributed by atoms with Gasteiger partial charge in [-0.05, 0) is 19.4 Å². The maximum atomic E-state index is 11.7. The van der Waals surface area contributed by atoms with Gasteiger partial charge in [0, 0.05) is 6.42 Å². The zero-order valence-electron chi connectivity index (χ0n) is 11.6. The lowest BCUT2D eigenvalue weighted by atomic mass is 9.92. The quantitative estimate of drug-likeness (QED) is 0.611. The van der Waals surface area contributed by atoms with Gasteiger partial charge in [-0.3, -0.25) is 4.18 Å². The summed E-state index contributed by atoms with van der Waals surface area (Å²) in [6, 6.07) is 8.36. The van der Waals surface area contributed by atoms with Crippen LogP contribution in [0.3, 0.4) is 0 Å². The molecule has 21 heavy (non-hydrogen) atoms. The molecule has 0 fully saturated rings. The first-order valence-electron chi connectivity index (χ1n) is 6.19. The molecule has 0 aliphatic carbocycles. The summed E-state index contributed by atoms with van der Waals surface area (Å²) in [7, 11) is -3.78. The van der Waals surface area contributed by atoms with Crippen molar-refractivity contribution < 1.29 is 17.7 Å². The Morgan fingerprint density at radius 2 is 1.71 bits per heavy atom. The number of hydrogen-bond acceptors (Lipinski definition) is 4. The average molecular weight is 376 g/mol. The fourth-order valence-electron chi connectivity index (χ4n) is 1.63. The van der Waals surface area contributed by atoms with Gasteiger partial charge in [0.15, 0.2) is 3.79 Å². The molecule has 4 nitrogen and oxygen atoms in total. The molecule has 0 bridgehead atoms. The van der Waals surface area contributed by atoms with Crippen LogP contribution in [0.25, 0.3) is 0 Å². The largest absolute Gasteiger partial charge is 0.383 e. The number of halogens is 3. The summed E-state index contributed by atoms with van der Waals surface area (Å²) in [4.78, 5) is 0. The first-order valence-corrected chi connectivity index (χ1v) is 8.80. The third kappa shape index (κ3) is 5.93. The van der Waals surface area contributed by atoms with Crippen molar-refractivity contribution in [2.24, 2.45) is 0 Å². The molecule has 0 saturated carbocycles. The van der Waals surface area contributed by atoms with Crippen LogP contribution in [-0.2, 0) is 19.9 Å². The molecule has 0 radical (unpaired) electrons. The van der Waals surface area contributed by atoms with Gasteiger partial charge in [-0.25, -0.2) is 0 Å². The van der Waals surface area contributed by atoms with Gasteiger partial charge in [0.05, 0.1) is 11.9 Å². The molecule has 0 spiro atoms. The van der Waals surface area contributed by atoms with E-state index in [-0.39, 0.29) is 6.42 Å². The highest BCUT2D eigenvalue weighted by Gasteiger charge is 2.40. The summed E-state index contributed by atoms with van der Waals surface area (Å²) in [5, 5.41) is 9.99. The molecule has 0 amide bonds. The van der Waals surface area contributed by atoms with E-state index in [1.165, 1.54) is 13.8 Å². The molecule has 1 N–H and O–H groups in total. The first kappa shape index (κ1) is 19.0. The number of aliphatic hydroxyl groups is 1. The van der Waals surface area contributed by atoms with Crippen molar-refractivity contribution >= 4 is 44.9 Å².